The van der Waals surface area contributed by atoms with Crippen molar-refractivity contribution in [3.63, 3.8) is 0 Å². The number of piperidine rings is 1. The Labute approximate surface area is 240 Å². The van der Waals surface area contributed by atoms with Crippen LogP contribution in [0.2, 0.25) is 0 Å². The van der Waals surface area contributed by atoms with Crippen LogP contribution in [0.25, 0.3) is 10.9 Å². The first-order valence-electron chi connectivity index (χ1n) is 13.5. The fourth-order valence-corrected chi connectivity index (χ4v) is 6.44. The predicted octanol–water partition coefficient (Wildman–Crippen LogP) is 2.86. The number of fused-ring (bicyclic) bond motifs is 2. The number of rotatable bonds is 8. The molecule has 0 saturated carbocycles. The molecular formula is C28H36ClN5O5S. The van der Waals surface area contributed by atoms with E-state index in [-0.39, 0.29) is 35.9 Å². The van der Waals surface area contributed by atoms with E-state index in [2.05, 4.69) is 20.3 Å². The van der Waals surface area contributed by atoms with Crippen molar-refractivity contribution in [1.82, 2.24) is 25.2 Å². The van der Waals surface area contributed by atoms with Gasteiger partial charge in [-0.2, -0.15) is 0 Å². The molecule has 10 nitrogen and oxygen atoms in total. The van der Waals surface area contributed by atoms with E-state index in [9.17, 15) is 18.0 Å². The van der Waals surface area contributed by atoms with E-state index in [1.165, 1.54) is 0 Å². The molecule has 5 rings (SSSR count). The number of aromatic amines is 1. The minimum absolute atomic E-state index is 0. The van der Waals surface area contributed by atoms with Crippen LogP contribution in [0, 0.1) is 0 Å². The number of halogens is 1. The molecule has 4 N–H and O–H groups in total. The lowest BCUT2D eigenvalue weighted by atomic mass is 9.98. The molecule has 0 spiro atoms. The number of nitrogens with zero attached hydrogens (tertiary/aromatic N) is 1. The normalized spacial score (nSPS) is 16.6. The van der Waals surface area contributed by atoms with Gasteiger partial charge in [-0.25, -0.2) is 17.9 Å². The number of carbonyl (C=O) groups is 2. The molecule has 216 valence electrons. The molecule has 3 aromatic rings. The van der Waals surface area contributed by atoms with Crippen molar-refractivity contribution in [1.29, 1.82) is 0 Å². The molecular weight excluding hydrogens is 554 g/mol. The molecule has 2 amide bonds. The molecule has 40 heavy (non-hydrogen) atoms. The highest BCUT2D eigenvalue weighted by molar-refractivity contribution is 7.89. The number of H-pyrrole nitrogens is 1. The van der Waals surface area contributed by atoms with Crippen molar-refractivity contribution < 1.29 is 22.7 Å². The lowest BCUT2D eigenvalue weighted by Gasteiger charge is -2.32. The van der Waals surface area contributed by atoms with Gasteiger partial charge in [0.05, 0.1) is 4.90 Å². The number of hydrogen-bond acceptors (Lipinski definition) is 6. The molecule has 0 aliphatic carbocycles. The molecule has 3 heterocycles. The van der Waals surface area contributed by atoms with Crippen LogP contribution in [0.3, 0.4) is 0 Å². The summed E-state index contributed by atoms with van der Waals surface area (Å²) in [6, 6.07) is 12.1. The summed E-state index contributed by atoms with van der Waals surface area (Å²) in [6.07, 6.45) is 3.44. The van der Waals surface area contributed by atoms with Crippen LogP contribution in [-0.2, 0) is 38.9 Å². The average Bonchev–Trinajstić information content (AvgIpc) is 3.35. The Bertz CT molecular complexity index is 1450. The Kier molecular flexibility index (Phi) is 9.72. The standard InChI is InChI=1S/C28H35N5O5S.ClH/c1-2-31-39(36,37)23-8-7-19-11-14-33(18-21(19)15-23)27(34)26(32-28(35)38-22-9-12-29-13-10-22)16-20-17-30-25-6-4-3-5-24(20)25;/h3-8,15,17,22,26,29-31H,2,9-14,16,18H2,1H3,(H,32,35);1H/t26-;/m1./s1. The molecule has 2 aliphatic rings. The van der Waals surface area contributed by atoms with Crippen LogP contribution >= 0.6 is 12.4 Å². The van der Waals surface area contributed by atoms with Crippen LogP contribution in [0.15, 0.2) is 53.6 Å². The van der Waals surface area contributed by atoms with E-state index in [4.69, 9.17) is 4.74 Å². The monoisotopic (exact) mass is 589 g/mol. The minimum atomic E-state index is -3.62. The van der Waals surface area contributed by atoms with Crippen molar-refractivity contribution >= 4 is 45.3 Å². The summed E-state index contributed by atoms with van der Waals surface area (Å²) in [5.74, 6) is -0.229. The van der Waals surface area contributed by atoms with E-state index < -0.39 is 22.2 Å². The van der Waals surface area contributed by atoms with E-state index in [1.54, 1.807) is 24.0 Å². The second-order valence-electron chi connectivity index (χ2n) is 10.1. The minimum Gasteiger partial charge on any atom is -0.446 e. The Morgan fingerprint density at radius 2 is 1.90 bits per heavy atom. The molecule has 1 saturated heterocycles. The number of benzene rings is 2. The zero-order valence-electron chi connectivity index (χ0n) is 22.4. The third kappa shape index (κ3) is 6.77. The highest BCUT2D eigenvalue weighted by Crippen LogP contribution is 2.25. The molecule has 12 heteroatoms. The van der Waals surface area contributed by atoms with E-state index in [1.807, 2.05) is 36.5 Å². The van der Waals surface area contributed by atoms with Crippen LogP contribution in [-0.4, -0.2) is 68.6 Å². The van der Waals surface area contributed by atoms with Crippen LogP contribution in [0.5, 0.6) is 0 Å². The van der Waals surface area contributed by atoms with Gasteiger partial charge in [0.1, 0.15) is 12.1 Å². The molecule has 2 aromatic carbocycles. The zero-order chi connectivity index (χ0) is 27.4. The average molecular weight is 590 g/mol. The molecule has 0 unspecified atom stereocenters. The van der Waals surface area contributed by atoms with Crippen molar-refractivity contribution in [2.75, 3.05) is 26.2 Å². The summed E-state index contributed by atoms with van der Waals surface area (Å²) in [5.41, 5.74) is 3.68. The quantitative estimate of drug-likeness (QED) is 0.319. The second-order valence-corrected chi connectivity index (χ2v) is 11.8. The molecule has 0 bridgehead atoms. The Morgan fingerprint density at radius 3 is 2.67 bits per heavy atom. The first-order chi connectivity index (χ1) is 18.8. The van der Waals surface area contributed by atoms with Gasteiger partial charge < -0.3 is 25.3 Å². The topological polar surface area (TPSA) is 133 Å². The number of hydrogen-bond donors (Lipinski definition) is 4. The van der Waals surface area contributed by atoms with Crippen LogP contribution in [0.4, 0.5) is 4.79 Å². The van der Waals surface area contributed by atoms with Crippen molar-refractivity contribution in [2.45, 2.75) is 56.2 Å². The smallest absolute Gasteiger partial charge is 0.408 e. The number of nitrogens with one attached hydrogen (secondary N) is 4. The van der Waals surface area contributed by atoms with E-state index >= 15 is 0 Å². The Hall–Kier alpha value is -3.12. The maximum absolute atomic E-state index is 13.9. The van der Waals surface area contributed by atoms with Crippen molar-refractivity contribution in [3.8, 4) is 0 Å². The number of aromatic nitrogens is 1. The zero-order valence-corrected chi connectivity index (χ0v) is 24.1. The van der Waals surface area contributed by atoms with Crippen LogP contribution in [0.1, 0.15) is 36.5 Å². The van der Waals surface area contributed by atoms with Crippen LogP contribution < -0.4 is 15.4 Å². The van der Waals surface area contributed by atoms with Gasteiger partial charge >= 0.3 is 6.09 Å². The van der Waals surface area contributed by atoms with Crippen molar-refractivity contribution in [2.24, 2.45) is 0 Å². The maximum atomic E-state index is 13.9. The Balaban J connectivity index is 0.00000370. The van der Waals surface area contributed by atoms with Gasteiger partial charge in [-0.15, -0.1) is 12.4 Å². The summed E-state index contributed by atoms with van der Waals surface area (Å²) >= 11 is 0. The Morgan fingerprint density at radius 1 is 1.12 bits per heavy atom. The summed E-state index contributed by atoms with van der Waals surface area (Å²) in [4.78, 5) is 31.9. The van der Waals surface area contributed by atoms with Gasteiger partial charge in [0.15, 0.2) is 0 Å². The van der Waals surface area contributed by atoms with Gasteiger partial charge in [-0.3, -0.25) is 4.79 Å². The fraction of sp³-hybridized carbons (Fsp3) is 0.429. The molecule has 1 aromatic heterocycles. The lowest BCUT2D eigenvalue weighted by molar-refractivity contribution is -0.134. The number of sulfonamides is 1. The first kappa shape index (κ1) is 29.9. The van der Waals surface area contributed by atoms with E-state index in [0.717, 1.165) is 53.5 Å². The van der Waals surface area contributed by atoms with Gasteiger partial charge in [-0.1, -0.05) is 31.2 Å². The van der Waals surface area contributed by atoms with Gasteiger partial charge in [0.25, 0.3) is 0 Å². The predicted molar refractivity (Wildman–Crippen MR) is 155 cm³/mol. The maximum Gasteiger partial charge on any atom is 0.408 e. The molecule has 1 fully saturated rings. The molecule has 2 aliphatic heterocycles. The largest absolute Gasteiger partial charge is 0.446 e. The van der Waals surface area contributed by atoms with Gasteiger partial charge in [-0.05, 0) is 67.2 Å². The lowest BCUT2D eigenvalue weighted by Crippen LogP contribution is -2.51. The van der Waals surface area contributed by atoms with E-state index in [0.29, 0.717) is 25.9 Å². The fourth-order valence-electron chi connectivity index (χ4n) is 5.34. The second kappa shape index (κ2) is 13.0. The SMILES string of the molecule is CCNS(=O)(=O)c1ccc2c(c1)CN(C(=O)[C@@H](Cc1c[nH]c3ccccc13)NC(=O)OC1CCNCC1)CC2.Cl. The number of para-hydroxylation sites is 1. The number of alkyl carbamates (subject to hydrolysis) is 1. The number of amides is 2. The highest BCUT2D eigenvalue weighted by Gasteiger charge is 2.31. The molecule has 0 radical (unpaired) electrons. The third-order valence-electron chi connectivity index (χ3n) is 7.40. The highest BCUT2D eigenvalue weighted by atomic mass is 35.5. The summed E-state index contributed by atoms with van der Waals surface area (Å²) < 4.78 is 33.3. The summed E-state index contributed by atoms with van der Waals surface area (Å²) in [5, 5.41) is 7.09. The first-order valence-corrected chi connectivity index (χ1v) is 15.0. The molecule has 1 atom stereocenters. The number of carbonyl (C=O) groups excluding carboxylic acids is 2. The third-order valence-corrected chi connectivity index (χ3v) is 8.94. The number of ether oxygens (including phenoxy) is 1. The summed E-state index contributed by atoms with van der Waals surface area (Å²) in [6.45, 7) is 4.33. The van der Waals surface area contributed by atoms with Crippen molar-refractivity contribution in [3.05, 3.63) is 65.4 Å². The summed E-state index contributed by atoms with van der Waals surface area (Å²) in [7, 11) is -3.62. The van der Waals surface area contributed by atoms with Gasteiger partial charge in [0.2, 0.25) is 15.9 Å². The van der Waals surface area contributed by atoms with Gasteiger partial charge in [0, 0.05) is 43.2 Å².